The Morgan fingerprint density at radius 3 is 3.14 bits per heavy atom. The molecule has 1 fully saturated rings. The molecule has 1 atom stereocenters. The number of likely N-dealkylation sites (tertiary alicyclic amines) is 1. The summed E-state index contributed by atoms with van der Waals surface area (Å²) in [6, 6.07) is 2.52. The van der Waals surface area contributed by atoms with Gasteiger partial charge in [-0.1, -0.05) is 6.42 Å². The zero-order valence-electron chi connectivity index (χ0n) is 12.4. The number of aliphatic hydroxyl groups excluding tert-OH is 1. The Hall–Kier alpha value is -1.24. The van der Waals surface area contributed by atoms with E-state index in [0.29, 0.717) is 6.04 Å². The quantitative estimate of drug-likeness (QED) is 0.888. The first kappa shape index (κ1) is 14.7. The number of hydrogen-bond acceptors (Lipinski definition) is 6. The van der Waals surface area contributed by atoms with Gasteiger partial charge in [0, 0.05) is 19.7 Å². The third kappa shape index (κ3) is 3.17. The zero-order chi connectivity index (χ0) is 14.7. The van der Waals surface area contributed by atoms with Crippen LogP contribution in [0.1, 0.15) is 31.5 Å². The molecule has 0 saturated carbocycles. The SMILES string of the molecule is CNc1nc(CN2CCCCC2CCO)nc2sccc12. The standard InChI is InChI=1S/C15H22N4OS/c1-16-14-12-6-9-21-15(12)18-13(17-14)10-19-7-3-2-4-11(19)5-8-20/h6,9,11,20H,2-5,7-8,10H2,1H3,(H,16,17,18). The molecule has 3 heterocycles. The Morgan fingerprint density at radius 2 is 2.33 bits per heavy atom. The van der Waals surface area contributed by atoms with E-state index in [4.69, 9.17) is 4.98 Å². The Bertz CT molecular complexity index is 598. The van der Waals surface area contributed by atoms with E-state index in [1.165, 1.54) is 19.3 Å². The molecule has 0 spiro atoms. The number of nitrogens with zero attached hydrogens (tertiary/aromatic N) is 3. The van der Waals surface area contributed by atoms with Gasteiger partial charge in [-0.25, -0.2) is 9.97 Å². The van der Waals surface area contributed by atoms with Gasteiger partial charge in [0.25, 0.3) is 0 Å². The highest BCUT2D eigenvalue weighted by Gasteiger charge is 2.23. The van der Waals surface area contributed by atoms with Crippen molar-refractivity contribution in [3.63, 3.8) is 0 Å². The molecule has 3 rings (SSSR count). The Labute approximate surface area is 129 Å². The highest BCUT2D eigenvalue weighted by atomic mass is 32.1. The largest absolute Gasteiger partial charge is 0.396 e. The van der Waals surface area contributed by atoms with Crippen molar-refractivity contribution in [3.05, 3.63) is 17.3 Å². The van der Waals surface area contributed by atoms with Crippen molar-refractivity contribution in [1.29, 1.82) is 0 Å². The fraction of sp³-hybridized carbons (Fsp3) is 0.600. The number of hydrogen-bond donors (Lipinski definition) is 2. The van der Waals surface area contributed by atoms with Gasteiger partial charge in [-0.15, -0.1) is 11.3 Å². The fourth-order valence-electron chi connectivity index (χ4n) is 3.09. The molecular weight excluding hydrogens is 284 g/mol. The predicted molar refractivity (Wildman–Crippen MR) is 86.7 cm³/mol. The van der Waals surface area contributed by atoms with Gasteiger partial charge >= 0.3 is 0 Å². The fourth-order valence-corrected chi connectivity index (χ4v) is 3.87. The molecule has 0 radical (unpaired) electrons. The van der Waals surface area contributed by atoms with Gasteiger partial charge < -0.3 is 10.4 Å². The monoisotopic (exact) mass is 306 g/mol. The predicted octanol–water partition coefficient (Wildman–Crippen LogP) is 2.47. The van der Waals surface area contributed by atoms with Gasteiger partial charge in [0.05, 0.1) is 11.9 Å². The lowest BCUT2D eigenvalue weighted by molar-refractivity contribution is 0.110. The van der Waals surface area contributed by atoms with Crippen LogP contribution < -0.4 is 5.32 Å². The topological polar surface area (TPSA) is 61.3 Å². The Balaban J connectivity index is 1.82. The molecule has 1 saturated heterocycles. The summed E-state index contributed by atoms with van der Waals surface area (Å²) < 4.78 is 0. The number of aliphatic hydroxyl groups is 1. The molecule has 0 aromatic carbocycles. The van der Waals surface area contributed by atoms with Crippen LogP contribution in [0.3, 0.4) is 0 Å². The Kier molecular flexibility index (Phi) is 4.67. The molecule has 1 aliphatic heterocycles. The van der Waals surface area contributed by atoms with Crippen molar-refractivity contribution in [2.24, 2.45) is 0 Å². The van der Waals surface area contributed by atoms with E-state index < -0.39 is 0 Å². The molecule has 0 bridgehead atoms. The van der Waals surface area contributed by atoms with Crippen LogP contribution in [0.15, 0.2) is 11.4 Å². The molecule has 0 amide bonds. The van der Waals surface area contributed by atoms with Crippen molar-refractivity contribution < 1.29 is 5.11 Å². The van der Waals surface area contributed by atoms with E-state index in [2.05, 4.69) is 26.6 Å². The maximum absolute atomic E-state index is 9.23. The van der Waals surface area contributed by atoms with Crippen LogP contribution in [0.4, 0.5) is 5.82 Å². The molecule has 114 valence electrons. The lowest BCUT2D eigenvalue weighted by Crippen LogP contribution is -2.39. The van der Waals surface area contributed by atoms with E-state index in [1.807, 2.05) is 7.05 Å². The van der Waals surface area contributed by atoms with Crippen molar-refractivity contribution in [3.8, 4) is 0 Å². The molecular formula is C15H22N4OS. The number of rotatable bonds is 5. The molecule has 21 heavy (non-hydrogen) atoms. The smallest absolute Gasteiger partial charge is 0.146 e. The van der Waals surface area contributed by atoms with E-state index in [-0.39, 0.29) is 6.61 Å². The average Bonchev–Trinajstić information content (AvgIpc) is 2.97. The van der Waals surface area contributed by atoms with Gasteiger partial charge in [0.2, 0.25) is 0 Å². The molecule has 1 unspecified atom stereocenters. The number of anilines is 1. The molecule has 2 aromatic heterocycles. The van der Waals surface area contributed by atoms with Crippen LogP contribution in [-0.2, 0) is 6.54 Å². The van der Waals surface area contributed by atoms with Crippen LogP contribution in [-0.4, -0.2) is 46.2 Å². The summed E-state index contributed by atoms with van der Waals surface area (Å²) in [6.45, 7) is 2.10. The summed E-state index contributed by atoms with van der Waals surface area (Å²) in [5, 5.41) is 15.5. The van der Waals surface area contributed by atoms with Crippen molar-refractivity contribution in [1.82, 2.24) is 14.9 Å². The minimum Gasteiger partial charge on any atom is -0.396 e. The minimum absolute atomic E-state index is 0.258. The van der Waals surface area contributed by atoms with Crippen molar-refractivity contribution in [2.45, 2.75) is 38.3 Å². The second-order valence-electron chi connectivity index (χ2n) is 5.51. The molecule has 1 aliphatic rings. The maximum Gasteiger partial charge on any atom is 0.146 e. The highest BCUT2D eigenvalue weighted by Crippen LogP contribution is 2.26. The second-order valence-corrected chi connectivity index (χ2v) is 6.40. The van der Waals surface area contributed by atoms with E-state index in [1.54, 1.807) is 11.3 Å². The number of piperidine rings is 1. The first-order chi connectivity index (χ1) is 10.3. The van der Waals surface area contributed by atoms with Crippen LogP contribution in [0.2, 0.25) is 0 Å². The normalized spacial score (nSPS) is 20.0. The van der Waals surface area contributed by atoms with Gasteiger partial charge in [0.15, 0.2) is 0 Å². The molecule has 5 nitrogen and oxygen atoms in total. The van der Waals surface area contributed by atoms with Crippen LogP contribution in [0.5, 0.6) is 0 Å². The van der Waals surface area contributed by atoms with E-state index in [0.717, 1.165) is 41.4 Å². The Morgan fingerprint density at radius 1 is 1.43 bits per heavy atom. The third-order valence-electron chi connectivity index (χ3n) is 4.16. The highest BCUT2D eigenvalue weighted by molar-refractivity contribution is 7.16. The molecule has 6 heteroatoms. The van der Waals surface area contributed by atoms with Gasteiger partial charge in [-0.3, -0.25) is 4.90 Å². The molecule has 0 aliphatic carbocycles. The first-order valence-corrected chi connectivity index (χ1v) is 8.46. The molecule has 2 N–H and O–H groups in total. The maximum atomic E-state index is 9.23. The van der Waals surface area contributed by atoms with Crippen LogP contribution in [0, 0.1) is 0 Å². The summed E-state index contributed by atoms with van der Waals surface area (Å²) >= 11 is 1.65. The number of thiophene rings is 1. The lowest BCUT2D eigenvalue weighted by atomic mass is 10.00. The van der Waals surface area contributed by atoms with Crippen molar-refractivity contribution in [2.75, 3.05) is 25.5 Å². The minimum atomic E-state index is 0.258. The molecule has 2 aromatic rings. The number of fused-ring (bicyclic) bond motifs is 1. The van der Waals surface area contributed by atoms with Crippen molar-refractivity contribution >= 4 is 27.4 Å². The summed E-state index contributed by atoms with van der Waals surface area (Å²) in [4.78, 5) is 12.8. The second kappa shape index (κ2) is 6.68. The van der Waals surface area contributed by atoms with Gasteiger partial charge in [-0.05, 0) is 37.3 Å². The van der Waals surface area contributed by atoms with E-state index >= 15 is 0 Å². The van der Waals surface area contributed by atoms with Crippen LogP contribution in [0.25, 0.3) is 10.2 Å². The number of aromatic nitrogens is 2. The van der Waals surface area contributed by atoms with Crippen LogP contribution >= 0.6 is 11.3 Å². The van der Waals surface area contributed by atoms with Gasteiger partial charge in [-0.2, -0.15) is 0 Å². The van der Waals surface area contributed by atoms with E-state index in [9.17, 15) is 5.11 Å². The summed E-state index contributed by atoms with van der Waals surface area (Å²) in [5.41, 5.74) is 0. The van der Waals surface area contributed by atoms with Gasteiger partial charge in [0.1, 0.15) is 16.5 Å². The zero-order valence-corrected chi connectivity index (χ0v) is 13.2. The summed E-state index contributed by atoms with van der Waals surface area (Å²) in [7, 11) is 1.90. The number of nitrogens with one attached hydrogen (secondary N) is 1. The first-order valence-electron chi connectivity index (χ1n) is 7.58. The average molecular weight is 306 g/mol. The lowest BCUT2D eigenvalue weighted by Gasteiger charge is -2.34. The third-order valence-corrected chi connectivity index (χ3v) is 4.97. The summed E-state index contributed by atoms with van der Waals surface area (Å²) in [5.74, 6) is 1.78. The summed E-state index contributed by atoms with van der Waals surface area (Å²) in [6.07, 6.45) is 4.50.